The molecule has 33 heavy (non-hydrogen) atoms. The Morgan fingerprint density at radius 3 is 1.36 bits per heavy atom. The highest BCUT2D eigenvalue weighted by Gasteiger charge is 1.98. The average molecular weight is 431 g/mol. The molecule has 0 aromatic heterocycles. The Kier molecular flexibility index (Phi) is 11.0. The number of hydrogen-bond donors (Lipinski definition) is 0. The molecule has 0 N–H and O–H groups in total. The average Bonchev–Trinajstić information content (AvgIpc) is 3.02. The van der Waals surface area contributed by atoms with E-state index in [0.717, 1.165) is 28.7 Å². The van der Waals surface area contributed by atoms with Gasteiger partial charge in [-0.1, -0.05) is 96.9 Å². The third-order valence-corrected chi connectivity index (χ3v) is 4.30. The van der Waals surface area contributed by atoms with Gasteiger partial charge >= 0.3 is 0 Å². The molecule has 0 amide bonds. The molecule has 2 heteroatoms. The van der Waals surface area contributed by atoms with E-state index >= 15 is 0 Å². The molecule has 0 saturated heterocycles. The summed E-state index contributed by atoms with van der Waals surface area (Å²) in [5, 5.41) is 0. The molecule has 0 aliphatic heterocycles. The smallest absolute Gasteiger partial charge is 0.178 e. The van der Waals surface area contributed by atoms with Crippen molar-refractivity contribution in [3.05, 3.63) is 132 Å². The van der Waals surface area contributed by atoms with Gasteiger partial charge in [0, 0.05) is 0 Å². The predicted octanol–water partition coefficient (Wildman–Crippen LogP) is 6.19. The van der Waals surface area contributed by atoms with Crippen molar-refractivity contribution in [3.8, 4) is 23.7 Å². The minimum Gasteiger partial charge on any atom is -0.290 e. The lowest BCUT2D eigenvalue weighted by Crippen LogP contribution is -1.84. The summed E-state index contributed by atoms with van der Waals surface area (Å²) in [5.41, 5.74) is 3.82. The Morgan fingerprint density at radius 2 is 0.909 bits per heavy atom. The number of fused-ring (bicyclic) bond motifs is 2. The van der Waals surface area contributed by atoms with Crippen LogP contribution < -0.4 is 0 Å². The second-order valence-electron chi connectivity index (χ2n) is 7.20. The zero-order valence-corrected chi connectivity index (χ0v) is 18.9. The molecule has 162 valence electrons. The van der Waals surface area contributed by atoms with Gasteiger partial charge in [0.05, 0.1) is 0 Å². The van der Waals surface area contributed by atoms with Crippen LogP contribution in [0.25, 0.3) is 0 Å². The fraction of sp³-hybridized carbons (Fsp3) is 0.0968. The summed E-state index contributed by atoms with van der Waals surface area (Å²) in [6.45, 7) is 3.71. The summed E-state index contributed by atoms with van der Waals surface area (Å²) < 4.78 is 0. The van der Waals surface area contributed by atoms with Crippen molar-refractivity contribution in [2.75, 3.05) is 0 Å². The Bertz CT molecular complexity index is 1120. The molecule has 0 aromatic rings. The molecule has 2 rings (SSSR count). The maximum absolute atomic E-state index is 12.0. The van der Waals surface area contributed by atoms with Crippen LogP contribution in [0, 0.1) is 23.7 Å². The lowest BCUT2D eigenvalue weighted by atomic mass is 10.0. The number of hydrogen-bond acceptors (Lipinski definition) is 2. The lowest BCUT2D eigenvalue weighted by Gasteiger charge is -2.00. The zero-order valence-electron chi connectivity index (χ0n) is 18.9. The van der Waals surface area contributed by atoms with Gasteiger partial charge < -0.3 is 0 Å². The van der Waals surface area contributed by atoms with Crippen LogP contribution >= 0.6 is 0 Å². The highest BCUT2D eigenvalue weighted by molar-refractivity contribution is 6.00. The van der Waals surface area contributed by atoms with Crippen LogP contribution in [-0.2, 0) is 9.59 Å². The normalized spacial score (nSPS) is 26.2. The first kappa shape index (κ1) is 24.9. The summed E-state index contributed by atoms with van der Waals surface area (Å²) in [4.78, 5) is 23.9. The van der Waals surface area contributed by atoms with E-state index in [0.29, 0.717) is 0 Å². The summed E-state index contributed by atoms with van der Waals surface area (Å²) in [6.07, 6.45) is 32.8. The number of carbonyl (C=O) groups is 2. The standard InChI is InChI=1S/C31H26O2/c1-26-13-3-4-14-27(2)16-12-24-31(33)22-10-8-20-29-18-6-5-17-28(25-29)19-7-9-21-30(32)23-11-15-26/h5-12,15-24H,25H2,1-2H3/b19-7+,20-8+,21-9-,22-10+,23-11+,24-12-,26-15+,27-16+. The van der Waals surface area contributed by atoms with E-state index in [-0.39, 0.29) is 11.6 Å². The van der Waals surface area contributed by atoms with Crippen molar-refractivity contribution in [2.24, 2.45) is 0 Å². The van der Waals surface area contributed by atoms with Crippen molar-refractivity contribution < 1.29 is 9.59 Å². The van der Waals surface area contributed by atoms with Crippen LogP contribution in [0.4, 0.5) is 0 Å². The Labute approximate surface area is 196 Å². The second-order valence-corrected chi connectivity index (χ2v) is 7.20. The van der Waals surface area contributed by atoms with E-state index in [4.69, 9.17) is 0 Å². The summed E-state index contributed by atoms with van der Waals surface area (Å²) >= 11 is 0. The molecule has 0 saturated carbocycles. The van der Waals surface area contributed by atoms with E-state index in [2.05, 4.69) is 23.7 Å². The van der Waals surface area contributed by atoms with Gasteiger partial charge in [-0.3, -0.25) is 9.59 Å². The number of carbonyl (C=O) groups excluding carboxylic acids is 2. The molecular formula is C31H26O2. The highest BCUT2D eigenvalue weighted by atomic mass is 16.1. The molecule has 2 bridgehead atoms. The van der Waals surface area contributed by atoms with Crippen molar-refractivity contribution in [1.82, 2.24) is 0 Å². The van der Waals surface area contributed by atoms with Gasteiger partial charge in [0.1, 0.15) is 0 Å². The van der Waals surface area contributed by atoms with Crippen LogP contribution in [0.3, 0.4) is 0 Å². The van der Waals surface area contributed by atoms with Gasteiger partial charge in [0.15, 0.2) is 11.6 Å². The van der Waals surface area contributed by atoms with Crippen molar-refractivity contribution >= 4 is 11.6 Å². The van der Waals surface area contributed by atoms with Gasteiger partial charge in [0.25, 0.3) is 0 Å². The van der Waals surface area contributed by atoms with Gasteiger partial charge in [-0.25, -0.2) is 0 Å². The maximum Gasteiger partial charge on any atom is 0.178 e. The molecule has 0 atom stereocenters. The molecule has 0 heterocycles. The quantitative estimate of drug-likeness (QED) is 0.430. The van der Waals surface area contributed by atoms with Crippen LogP contribution in [0.2, 0.25) is 0 Å². The number of ketones is 2. The molecular weight excluding hydrogens is 404 g/mol. The second kappa shape index (κ2) is 14.6. The van der Waals surface area contributed by atoms with Crippen LogP contribution in [0.1, 0.15) is 20.3 Å². The summed E-state index contributed by atoms with van der Waals surface area (Å²) in [5.74, 6) is 11.2. The molecule has 0 fully saturated rings. The topological polar surface area (TPSA) is 34.1 Å². The first-order chi connectivity index (χ1) is 16.0. The SMILES string of the molecule is C/C1=C\C=C/C(=O)/C=C/C=C/C2=CC=CC=C(/C=C/C=C\C(=O)/C=C/C=C(\C)C#CC#C1)C2. The minimum atomic E-state index is -0.101. The maximum atomic E-state index is 12.0. The van der Waals surface area contributed by atoms with Crippen LogP contribution in [-0.4, -0.2) is 11.6 Å². The van der Waals surface area contributed by atoms with E-state index in [1.54, 1.807) is 36.5 Å². The van der Waals surface area contributed by atoms with Crippen molar-refractivity contribution in [1.29, 1.82) is 0 Å². The lowest BCUT2D eigenvalue weighted by molar-refractivity contribution is -0.111. The minimum absolute atomic E-state index is 0.101. The molecule has 0 radical (unpaired) electrons. The van der Waals surface area contributed by atoms with Gasteiger partial charge in [0.2, 0.25) is 0 Å². The number of allylic oxidation sites excluding steroid dienone is 22. The van der Waals surface area contributed by atoms with E-state index < -0.39 is 0 Å². The molecule has 0 spiro atoms. The first-order valence-corrected chi connectivity index (χ1v) is 10.6. The van der Waals surface area contributed by atoms with Gasteiger partial charge in [-0.05, 0) is 78.7 Å². The fourth-order valence-corrected chi connectivity index (χ4v) is 2.63. The summed E-state index contributed by atoms with van der Waals surface area (Å²) in [7, 11) is 0. The predicted molar refractivity (Wildman–Crippen MR) is 138 cm³/mol. The van der Waals surface area contributed by atoms with Crippen molar-refractivity contribution in [2.45, 2.75) is 20.3 Å². The van der Waals surface area contributed by atoms with E-state index in [1.807, 2.05) is 62.5 Å². The monoisotopic (exact) mass is 430 g/mol. The Hall–Kier alpha value is -4.40. The Morgan fingerprint density at radius 1 is 0.515 bits per heavy atom. The van der Waals surface area contributed by atoms with Crippen molar-refractivity contribution in [3.63, 3.8) is 0 Å². The Balaban J connectivity index is 2.26. The van der Waals surface area contributed by atoms with Gasteiger partial charge in [-0.15, -0.1) is 0 Å². The van der Waals surface area contributed by atoms with E-state index in [9.17, 15) is 9.59 Å². The fourth-order valence-electron chi connectivity index (χ4n) is 2.63. The molecule has 0 aromatic carbocycles. The zero-order chi connectivity index (χ0) is 23.7. The van der Waals surface area contributed by atoms with Crippen LogP contribution in [0.5, 0.6) is 0 Å². The van der Waals surface area contributed by atoms with Crippen LogP contribution in [0.15, 0.2) is 132 Å². The molecule has 2 nitrogen and oxygen atoms in total. The molecule has 2 aliphatic carbocycles. The van der Waals surface area contributed by atoms with E-state index in [1.165, 1.54) is 24.3 Å². The molecule has 0 unspecified atom stereocenters. The number of rotatable bonds is 0. The summed E-state index contributed by atoms with van der Waals surface area (Å²) in [6, 6.07) is 0. The largest absolute Gasteiger partial charge is 0.290 e. The third kappa shape index (κ3) is 11.5. The van der Waals surface area contributed by atoms with Gasteiger partial charge in [-0.2, -0.15) is 0 Å². The third-order valence-electron chi connectivity index (χ3n) is 4.30. The highest BCUT2D eigenvalue weighted by Crippen LogP contribution is 2.17. The first-order valence-electron chi connectivity index (χ1n) is 10.6. The molecule has 2 aliphatic rings.